The molecular formula is C16H26N2O2. The lowest BCUT2D eigenvalue weighted by Crippen LogP contribution is -2.44. The Labute approximate surface area is 121 Å². The van der Waals surface area contributed by atoms with Gasteiger partial charge in [0.2, 0.25) is 0 Å². The zero-order valence-electron chi connectivity index (χ0n) is 12.3. The minimum Gasteiger partial charge on any atom is -0.492 e. The van der Waals surface area contributed by atoms with Crippen LogP contribution in [0.2, 0.25) is 0 Å². The minimum absolute atomic E-state index is 0.190. The van der Waals surface area contributed by atoms with E-state index in [1.54, 1.807) is 0 Å². The van der Waals surface area contributed by atoms with Crippen molar-refractivity contribution in [2.45, 2.75) is 44.4 Å². The molecule has 1 aromatic carbocycles. The van der Waals surface area contributed by atoms with Gasteiger partial charge in [-0.05, 0) is 26.0 Å². The predicted molar refractivity (Wildman–Crippen MR) is 80.7 cm³/mol. The van der Waals surface area contributed by atoms with Crippen LogP contribution in [0, 0.1) is 0 Å². The highest BCUT2D eigenvalue weighted by Gasteiger charge is 2.26. The molecule has 1 fully saturated rings. The zero-order valence-corrected chi connectivity index (χ0v) is 12.3. The maximum Gasteiger partial charge on any atom is 0.123 e. The largest absolute Gasteiger partial charge is 0.492 e. The number of hydrogen-bond donors (Lipinski definition) is 2. The molecule has 112 valence electrons. The Balaban J connectivity index is 1.80. The fraction of sp³-hybridized carbons (Fsp3) is 0.625. The molecule has 0 bridgehead atoms. The number of ether oxygens (including phenoxy) is 1. The van der Waals surface area contributed by atoms with E-state index in [9.17, 15) is 5.11 Å². The molecule has 0 amide bonds. The van der Waals surface area contributed by atoms with E-state index in [1.165, 1.54) is 6.42 Å². The smallest absolute Gasteiger partial charge is 0.123 e. The van der Waals surface area contributed by atoms with Gasteiger partial charge in [-0.1, -0.05) is 31.0 Å². The van der Waals surface area contributed by atoms with Gasteiger partial charge in [-0.25, -0.2) is 0 Å². The van der Waals surface area contributed by atoms with Gasteiger partial charge in [0.15, 0.2) is 0 Å². The minimum atomic E-state index is -0.190. The molecule has 0 heterocycles. The van der Waals surface area contributed by atoms with Gasteiger partial charge in [-0.15, -0.1) is 0 Å². The number of aliphatic hydroxyl groups is 1. The van der Waals surface area contributed by atoms with Crippen molar-refractivity contribution in [3.63, 3.8) is 0 Å². The van der Waals surface area contributed by atoms with Gasteiger partial charge in [-0.2, -0.15) is 0 Å². The van der Waals surface area contributed by atoms with Gasteiger partial charge in [0.1, 0.15) is 12.4 Å². The highest BCUT2D eigenvalue weighted by molar-refractivity contribution is 5.32. The number of likely N-dealkylation sites (N-methyl/N-ethyl adjacent to an activating group) is 1. The highest BCUT2D eigenvalue weighted by Crippen LogP contribution is 2.22. The summed E-state index contributed by atoms with van der Waals surface area (Å²) in [6.07, 6.45) is 4.17. The molecule has 4 nitrogen and oxygen atoms in total. The highest BCUT2D eigenvalue weighted by atomic mass is 16.5. The molecule has 1 saturated carbocycles. The third-order valence-corrected chi connectivity index (χ3v) is 4.15. The van der Waals surface area contributed by atoms with Gasteiger partial charge in [0.05, 0.1) is 6.10 Å². The molecule has 2 unspecified atom stereocenters. The number of nitrogens with two attached hydrogens (primary N) is 1. The summed E-state index contributed by atoms with van der Waals surface area (Å²) in [6.45, 7) is 1.94. The van der Waals surface area contributed by atoms with E-state index in [1.807, 2.05) is 24.3 Å². The predicted octanol–water partition coefficient (Wildman–Crippen LogP) is 1.76. The van der Waals surface area contributed by atoms with Crippen LogP contribution in [0.15, 0.2) is 24.3 Å². The van der Waals surface area contributed by atoms with Crippen molar-refractivity contribution >= 4 is 0 Å². The molecule has 1 aromatic rings. The Morgan fingerprint density at radius 2 is 2.05 bits per heavy atom. The first-order valence-electron chi connectivity index (χ1n) is 7.51. The first kappa shape index (κ1) is 15.3. The van der Waals surface area contributed by atoms with Crippen LogP contribution in [0.1, 0.15) is 31.2 Å². The number of hydrogen-bond acceptors (Lipinski definition) is 4. The molecule has 1 aliphatic rings. The maximum absolute atomic E-state index is 10.0. The second-order valence-corrected chi connectivity index (χ2v) is 5.56. The first-order valence-corrected chi connectivity index (χ1v) is 7.51. The summed E-state index contributed by atoms with van der Waals surface area (Å²) < 4.78 is 5.82. The summed E-state index contributed by atoms with van der Waals surface area (Å²) in [7, 11) is 2.07. The SMILES string of the molecule is CN(CCOc1ccccc1CN)C1CCCCC1O. The normalized spacial score (nSPS) is 23.0. The summed E-state index contributed by atoms with van der Waals surface area (Å²) in [4.78, 5) is 2.22. The van der Waals surface area contributed by atoms with Crippen LogP contribution in [-0.4, -0.2) is 42.4 Å². The number of rotatable bonds is 6. The van der Waals surface area contributed by atoms with Crippen molar-refractivity contribution < 1.29 is 9.84 Å². The van der Waals surface area contributed by atoms with Gasteiger partial charge in [-0.3, -0.25) is 4.90 Å². The van der Waals surface area contributed by atoms with Crippen molar-refractivity contribution in [2.24, 2.45) is 5.73 Å². The average molecular weight is 278 g/mol. The van der Waals surface area contributed by atoms with Crippen molar-refractivity contribution in [2.75, 3.05) is 20.2 Å². The fourth-order valence-corrected chi connectivity index (χ4v) is 2.88. The monoisotopic (exact) mass is 278 g/mol. The van der Waals surface area contributed by atoms with E-state index < -0.39 is 0 Å². The van der Waals surface area contributed by atoms with E-state index >= 15 is 0 Å². The molecule has 1 aliphatic carbocycles. The molecule has 0 aromatic heterocycles. The van der Waals surface area contributed by atoms with E-state index in [4.69, 9.17) is 10.5 Å². The number of para-hydroxylation sites is 1. The van der Waals surface area contributed by atoms with E-state index in [-0.39, 0.29) is 12.1 Å². The molecule has 3 N–H and O–H groups in total. The van der Waals surface area contributed by atoms with Gasteiger partial charge in [0, 0.05) is 24.7 Å². The Hall–Kier alpha value is -1.10. The summed E-state index contributed by atoms with van der Waals surface area (Å²) in [5, 5.41) is 10.0. The number of aliphatic hydroxyl groups excluding tert-OH is 1. The third-order valence-electron chi connectivity index (χ3n) is 4.15. The number of benzene rings is 1. The summed E-state index contributed by atoms with van der Waals surface area (Å²) >= 11 is 0. The Kier molecular flexibility index (Phi) is 5.83. The lowest BCUT2D eigenvalue weighted by atomic mass is 9.92. The molecule has 2 atom stereocenters. The summed E-state index contributed by atoms with van der Waals surface area (Å²) in [6, 6.07) is 8.15. The molecule has 2 rings (SSSR count). The molecule has 0 aliphatic heterocycles. The van der Waals surface area contributed by atoms with Crippen LogP contribution in [0.25, 0.3) is 0 Å². The topological polar surface area (TPSA) is 58.7 Å². The van der Waals surface area contributed by atoms with Crippen LogP contribution in [0.4, 0.5) is 0 Å². The van der Waals surface area contributed by atoms with Crippen molar-refractivity contribution in [1.29, 1.82) is 0 Å². The first-order chi connectivity index (χ1) is 9.72. The Bertz CT molecular complexity index is 411. The zero-order chi connectivity index (χ0) is 14.4. The molecule has 0 radical (unpaired) electrons. The van der Waals surface area contributed by atoms with Gasteiger partial charge < -0.3 is 15.6 Å². The molecule has 0 saturated heterocycles. The fourth-order valence-electron chi connectivity index (χ4n) is 2.88. The Morgan fingerprint density at radius 3 is 2.80 bits per heavy atom. The maximum atomic E-state index is 10.0. The van der Waals surface area contributed by atoms with E-state index in [0.717, 1.165) is 37.1 Å². The van der Waals surface area contributed by atoms with Crippen LogP contribution < -0.4 is 10.5 Å². The summed E-state index contributed by atoms with van der Waals surface area (Å²) in [5.74, 6) is 0.868. The average Bonchev–Trinajstić information content (AvgIpc) is 2.48. The van der Waals surface area contributed by atoms with Gasteiger partial charge in [0.25, 0.3) is 0 Å². The van der Waals surface area contributed by atoms with Crippen LogP contribution in [-0.2, 0) is 6.54 Å². The molecule has 0 spiro atoms. The quantitative estimate of drug-likeness (QED) is 0.832. The van der Waals surface area contributed by atoms with Gasteiger partial charge >= 0.3 is 0 Å². The number of nitrogens with zero attached hydrogens (tertiary/aromatic N) is 1. The second-order valence-electron chi connectivity index (χ2n) is 5.56. The van der Waals surface area contributed by atoms with E-state index in [2.05, 4.69) is 11.9 Å². The Morgan fingerprint density at radius 1 is 1.30 bits per heavy atom. The van der Waals surface area contributed by atoms with Crippen LogP contribution in [0.5, 0.6) is 5.75 Å². The van der Waals surface area contributed by atoms with Crippen molar-refractivity contribution in [3.05, 3.63) is 29.8 Å². The van der Waals surface area contributed by atoms with Crippen molar-refractivity contribution in [3.8, 4) is 5.75 Å². The standard InChI is InChI=1S/C16H26N2O2/c1-18(14-7-3-4-8-15(14)19)10-11-20-16-9-5-2-6-13(16)12-17/h2,5-6,9,14-15,19H,3-4,7-8,10-12,17H2,1H3. The van der Waals surface area contributed by atoms with Crippen molar-refractivity contribution in [1.82, 2.24) is 4.90 Å². The molecule has 20 heavy (non-hydrogen) atoms. The lowest BCUT2D eigenvalue weighted by molar-refractivity contribution is 0.0272. The van der Waals surface area contributed by atoms with Crippen LogP contribution in [0.3, 0.4) is 0 Å². The lowest BCUT2D eigenvalue weighted by Gasteiger charge is -2.35. The van der Waals surface area contributed by atoms with Crippen LogP contribution >= 0.6 is 0 Å². The third kappa shape index (κ3) is 3.95. The van der Waals surface area contributed by atoms with E-state index in [0.29, 0.717) is 13.2 Å². The second kappa shape index (κ2) is 7.62. The molecular weight excluding hydrogens is 252 g/mol. The summed E-state index contributed by atoms with van der Waals surface area (Å²) in [5.41, 5.74) is 6.73. The molecule has 4 heteroatoms.